The third-order valence-electron chi connectivity index (χ3n) is 2.88. The van der Waals surface area contributed by atoms with Crippen molar-refractivity contribution in [2.45, 2.75) is 39.7 Å². The third kappa shape index (κ3) is 5.53. The summed E-state index contributed by atoms with van der Waals surface area (Å²) < 4.78 is 0. The van der Waals surface area contributed by atoms with Crippen molar-refractivity contribution in [3.05, 3.63) is 34.3 Å². The lowest BCUT2D eigenvalue weighted by atomic mass is 10.1. The van der Waals surface area contributed by atoms with Crippen LogP contribution < -0.4 is 5.32 Å². The van der Waals surface area contributed by atoms with Crippen molar-refractivity contribution in [2.24, 2.45) is 5.92 Å². The molecule has 0 saturated heterocycles. The van der Waals surface area contributed by atoms with Crippen LogP contribution in [0.5, 0.6) is 0 Å². The largest absolute Gasteiger partial charge is 0.313 e. The molecule has 0 spiro atoms. The highest BCUT2D eigenvalue weighted by atomic mass is 35.5. The minimum Gasteiger partial charge on any atom is -0.313 e. The van der Waals surface area contributed by atoms with Gasteiger partial charge < -0.3 is 5.32 Å². The second-order valence-corrected chi connectivity index (χ2v) is 5.39. The van der Waals surface area contributed by atoms with Crippen LogP contribution in [0.4, 0.5) is 0 Å². The van der Waals surface area contributed by atoms with Crippen molar-refractivity contribution in [1.29, 1.82) is 5.26 Å². The van der Waals surface area contributed by atoms with Crippen molar-refractivity contribution < 1.29 is 0 Å². The molecule has 0 aliphatic carbocycles. The number of nitrogens with one attached hydrogen (secondary N) is 1. The van der Waals surface area contributed by atoms with Gasteiger partial charge in [-0.15, -0.1) is 0 Å². The second-order valence-electron chi connectivity index (χ2n) is 4.98. The van der Waals surface area contributed by atoms with E-state index >= 15 is 0 Å². The molecule has 0 bridgehead atoms. The molecule has 1 rings (SSSR count). The Bertz CT molecular complexity index is 407. The molecule has 1 aromatic rings. The van der Waals surface area contributed by atoms with Gasteiger partial charge in [-0.1, -0.05) is 44.4 Å². The van der Waals surface area contributed by atoms with Crippen LogP contribution in [0.2, 0.25) is 5.02 Å². The Morgan fingerprint density at radius 3 is 2.72 bits per heavy atom. The molecule has 0 fully saturated rings. The van der Waals surface area contributed by atoms with E-state index in [-0.39, 0.29) is 0 Å². The highest BCUT2D eigenvalue weighted by molar-refractivity contribution is 6.31. The summed E-state index contributed by atoms with van der Waals surface area (Å²) in [5.41, 5.74) is 1.67. The van der Waals surface area contributed by atoms with E-state index < -0.39 is 0 Å². The summed E-state index contributed by atoms with van der Waals surface area (Å²) >= 11 is 6.10. The normalized spacial score (nSPS) is 10.6. The standard InChI is InChI=1S/C15H21ClN2/c1-12(2)5-3-4-8-18-11-14-7-6-13(10-17)9-15(14)16/h6-7,9,12,18H,3-5,8,11H2,1-2H3. The van der Waals surface area contributed by atoms with Gasteiger partial charge in [0.15, 0.2) is 0 Å². The summed E-state index contributed by atoms with van der Waals surface area (Å²) in [6.07, 6.45) is 3.76. The van der Waals surface area contributed by atoms with Crippen molar-refractivity contribution >= 4 is 11.6 Å². The number of rotatable bonds is 7. The first-order chi connectivity index (χ1) is 8.63. The van der Waals surface area contributed by atoms with Gasteiger partial charge in [0.2, 0.25) is 0 Å². The Hall–Kier alpha value is -1.04. The zero-order valence-electron chi connectivity index (χ0n) is 11.2. The summed E-state index contributed by atoms with van der Waals surface area (Å²) in [5, 5.41) is 12.8. The lowest BCUT2D eigenvalue weighted by Crippen LogP contribution is -2.15. The molecule has 0 aromatic heterocycles. The second kappa shape index (κ2) is 8.13. The van der Waals surface area contributed by atoms with Crippen molar-refractivity contribution in [3.8, 4) is 6.07 Å². The maximum Gasteiger partial charge on any atom is 0.0992 e. The van der Waals surface area contributed by atoms with Crippen molar-refractivity contribution in [1.82, 2.24) is 5.32 Å². The zero-order valence-corrected chi connectivity index (χ0v) is 11.9. The summed E-state index contributed by atoms with van der Waals surface area (Å²) in [6.45, 7) is 6.29. The van der Waals surface area contributed by atoms with E-state index in [9.17, 15) is 0 Å². The van der Waals surface area contributed by atoms with Gasteiger partial charge in [-0.05, 0) is 36.6 Å². The van der Waals surface area contributed by atoms with Gasteiger partial charge >= 0.3 is 0 Å². The number of nitrogens with zero attached hydrogens (tertiary/aromatic N) is 1. The van der Waals surface area contributed by atoms with Gasteiger partial charge in [0.25, 0.3) is 0 Å². The molecule has 0 aliphatic heterocycles. The number of hydrogen-bond acceptors (Lipinski definition) is 2. The van der Waals surface area contributed by atoms with Crippen LogP contribution in [-0.4, -0.2) is 6.54 Å². The van der Waals surface area contributed by atoms with Crippen LogP contribution in [0.3, 0.4) is 0 Å². The number of benzene rings is 1. The molecule has 0 amide bonds. The molecule has 0 radical (unpaired) electrons. The predicted octanol–water partition coefficient (Wildman–Crippen LogP) is 4.13. The van der Waals surface area contributed by atoms with E-state index in [2.05, 4.69) is 25.2 Å². The molecule has 18 heavy (non-hydrogen) atoms. The van der Waals surface area contributed by atoms with Crippen molar-refractivity contribution in [3.63, 3.8) is 0 Å². The summed E-state index contributed by atoms with van der Waals surface area (Å²) in [7, 11) is 0. The number of unbranched alkanes of at least 4 members (excludes halogenated alkanes) is 1. The fraction of sp³-hybridized carbons (Fsp3) is 0.533. The Kier molecular flexibility index (Phi) is 6.78. The predicted molar refractivity (Wildman–Crippen MR) is 76.6 cm³/mol. The fourth-order valence-electron chi connectivity index (χ4n) is 1.79. The quantitative estimate of drug-likeness (QED) is 0.752. The monoisotopic (exact) mass is 264 g/mol. The van der Waals surface area contributed by atoms with Crippen molar-refractivity contribution in [2.75, 3.05) is 6.54 Å². The van der Waals surface area contributed by atoms with E-state index in [4.69, 9.17) is 16.9 Å². The summed E-state index contributed by atoms with van der Waals surface area (Å²) in [6, 6.07) is 7.53. The van der Waals surface area contributed by atoms with Crippen LogP contribution in [0, 0.1) is 17.2 Å². The Balaban J connectivity index is 2.25. The van der Waals surface area contributed by atoms with Gasteiger partial charge in [-0.25, -0.2) is 0 Å². The first-order valence-electron chi connectivity index (χ1n) is 6.52. The highest BCUT2D eigenvalue weighted by Gasteiger charge is 2.01. The van der Waals surface area contributed by atoms with Gasteiger partial charge in [-0.2, -0.15) is 5.26 Å². The molecule has 1 aromatic carbocycles. The van der Waals surface area contributed by atoms with Crippen LogP contribution in [0.15, 0.2) is 18.2 Å². The maximum absolute atomic E-state index is 8.75. The first-order valence-corrected chi connectivity index (χ1v) is 6.90. The van der Waals surface area contributed by atoms with Crippen LogP contribution in [-0.2, 0) is 6.54 Å². The summed E-state index contributed by atoms with van der Waals surface area (Å²) in [5.74, 6) is 0.790. The Labute approximate surface area is 115 Å². The van der Waals surface area contributed by atoms with Crippen LogP contribution in [0.1, 0.15) is 44.2 Å². The zero-order chi connectivity index (χ0) is 13.4. The number of nitriles is 1. The molecular weight excluding hydrogens is 244 g/mol. The summed E-state index contributed by atoms with van der Waals surface area (Å²) in [4.78, 5) is 0. The molecule has 98 valence electrons. The molecule has 0 heterocycles. The lowest BCUT2D eigenvalue weighted by molar-refractivity contribution is 0.520. The fourth-order valence-corrected chi connectivity index (χ4v) is 2.03. The number of halogens is 1. The van der Waals surface area contributed by atoms with E-state index in [1.54, 1.807) is 6.07 Å². The molecule has 0 saturated carbocycles. The smallest absolute Gasteiger partial charge is 0.0992 e. The van der Waals surface area contributed by atoms with E-state index in [0.29, 0.717) is 10.6 Å². The van der Waals surface area contributed by atoms with Gasteiger partial charge in [-0.3, -0.25) is 0 Å². The van der Waals surface area contributed by atoms with E-state index in [1.807, 2.05) is 12.1 Å². The third-order valence-corrected chi connectivity index (χ3v) is 3.23. The molecule has 0 unspecified atom stereocenters. The molecular formula is C15H21ClN2. The molecule has 3 heteroatoms. The van der Waals surface area contributed by atoms with Gasteiger partial charge in [0, 0.05) is 11.6 Å². The Morgan fingerprint density at radius 1 is 1.33 bits per heavy atom. The highest BCUT2D eigenvalue weighted by Crippen LogP contribution is 2.17. The average Bonchev–Trinajstić information content (AvgIpc) is 2.34. The molecule has 0 atom stereocenters. The van der Waals surface area contributed by atoms with E-state index in [1.165, 1.54) is 19.3 Å². The molecule has 1 N–H and O–H groups in total. The molecule has 2 nitrogen and oxygen atoms in total. The van der Waals surface area contributed by atoms with E-state index in [0.717, 1.165) is 24.6 Å². The Morgan fingerprint density at radius 2 is 2.11 bits per heavy atom. The van der Waals surface area contributed by atoms with Gasteiger partial charge in [0.1, 0.15) is 0 Å². The average molecular weight is 265 g/mol. The van der Waals surface area contributed by atoms with Crippen LogP contribution in [0.25, 0.3) is 0 Å². The lowest BCUT2D eigenvalue weighted by Gasteiger charge is -2.08. The SMILES string of the molecule is CC(C)CCCCNCc1ccc(C#N)cc1Cl. The number of hydrogen-bond donors (Lipinski definition) is 1. The topological polar surface area (TPSA) is 35.8 Å². The minimum atomic E-state index is 0.612. The minimum absolute atomic E-state index is 0.612. The van der Waals surface area contributed by atoms with Crippen LogP contribution >= 0.6 is 11.6 Å². The molecule has 0 aliphatic rings. The first kappa shape index (κ1) is 15.0. The van der Waals surface area contributed by atoms with Gasteiger partial charge in [0.05, 0.1) is 11.6 Å². The maximum atomic E-state index is 8.75.